The van der Waals surface area contributed by atoms with Crippen molar-refractivity contribution in [2.75, 3.05) is 6.61 Å². The number of halogens is 4. The zero-order chi connectivity index (χ0) is 15.0. The number of esters is 1. The number of hydrogen-bond donors (Lipinski definition) is 1. The van der Waals surface area contributed by atoms with E-state index in [4.69, 9.17) is 4.74 Å². The monoisotopic (exact) mass is 613 g/mol. The molecule has 0 saturated heterocycles. The Labute approximate surface area is 154 Å². The second-order valence-corrected chi connectivity index (χ2v) is 6.99. The van der Waals surface area contributed by atoms with Gasteiger partial charge in [0.1, 0.15) is 5.56 Å². The van der Waals surface area contributed by atoms with Crippen molar-refractivity contribution in [3.8, 4) is 0 Å². The van der Waals surface area contributed by atoms with E-state index in [0.29, 0.717) is 21.6 Å². The summed E-state index contributed by atoms with van der Waals surface area (Å²) < 4.78 is 20.0. The summed E-state index contributed by atoms with van der Waals surface area (Å²) in [5, 5.41) is 0.311. The van der Waals surface area contributed by atoms with E-state index in [1.807, 2.05) is 67.8 Å². The second-order valence-electron chi connectivity index (χ2n) is 3.76. The summed E-state index contributed by atoms with van der Waals surface area (Å²) in [7, 11) is 0. The van der Waals surface area contributed by atoms with Gasteiger partial charge in [-0.15, -0.1) is 0 Å². The molecule has 0 amide bonds. The zero-order valence-corrected chi connectivity index (χ0v) is 16.5. The van der Waals surface area contributed by atoms with E-state index >= 15 is 0 Å². The van der Waals surface area contributed by atoms with Crippen molar-refractivity contribution < 1.29 is 13.9 Å². The van der Waals surface area contributed by atoms with Gasteiger partial charge in [-0.1, -0.05) is 0 Å². The Kier molecular flexibility index (Phi) is 5.26. The van der Waals surface area contributed by atoms with Crippen molar-refractivity contribution in [2.24, 2.45) is 0 Å². The number of nitrogens with one attached hydrogen (secondary N) is 1. The molecule has 0 aliphatic heterocycles. The van der Waals surface area contributed by atoms with Crippen molar-refractivity contribution in [3.63, 3.8) is 0 Å². The van der Waals surface area contributed by atoms with Gasteiger partial charge in [0.2, 0.25) is 5.43 Å². The molecule has 1 aromatic heterocycles. The molecular formula is C12H7FI3NO3. The highest BCUT2D eigenvalue weighted by atomic mass is 127. The van der Waals surface area contributed by atoms with Crippen LogP contribution in [0, 0.1) is 16.5 Å². The third-order valence-electron chi connectivity index (χ3n) is 2.59. The van der Waals surface area contributed by atoms with E-state index in [9.17, 15) is 14.0 Å². The number of hydrogen-bond acceptors (Lipinski definition) is 3. The molecule has 20 heavy (non-hydrogen) atoms. The highest BCUT2D eigenvalue weighted by Gasteiger charge is 2.21. The Morgan fingerprint density at radius 1 is 1.30 bits per heavy atom. The molecule has 106 valence electrons. The van der Waals surface area contributed by atoms with Crippen LogP contribution in [0.4, 0.5) is 4.39 Å². The van der Waals surface area contributed by atoms with Crippen LogP contribution >= 0.6 is 67.8 Å². The first-order valence-electron chi connectivity index (χ1n) is 5.44. The van der Waals surface area contributed by atoms with E-state index < -0.39 is 11.4 Å². The maximum atomic E-state index is 14.0. The fourth-order valence-electron chi connectivity index (χ4n) is 1.69. The Bertz CT molecular complexity index is 773. The van der Waals surface area contributed by atoms with Crippen LogP contribution in [0.15, 0.2) is 11.0 Å². The first-order chi connectivity index (χ1) is 9.40. The predicted octanol–water partition coefficient (Wildman–Crippen LogP) is 3.66. The number of H-pyrrole nitrogens is 1. The van der Waals surface area contributed by atoms with Gasteiger partial charge in [0, 0.05) is 9.77 Å². The number of carbonyl (C=O) groups is 1. The number of pyridine rings is 1. The van der Waals surface area contributed by atoms with Crippen LogP contribution in [-0.4, -0.2) is 17.6 Å². The van der Waals surface area contributed by atoms with Gasteiger partial charge in [-0.3, -0.25) is 4.79 Å². The smallest absolute Gasteiger partial charge is 0.343 e. The predicted molar refractivity (Wildman–Crippen MR) is 98.6 cm³/mol. The standard InChI is InChI=1S/C12H7FI3NO3/c1-2-20-12(19)4-3-17-10-5(11(4)18)7(14)8(15)6(13)9(10)16/h3H,2H2,1H3,(H,17,18). The zero-order valence-electron chi connectivity index (χ0n) is 10.0. The number of rotatable bonds is 2. The molecule has 4 nitrogen and oxygen atoms in total. The molecule has 1 heterocycles. The summed E-state index contributed by atoms with van der Waals surface area (Å²) >= 11 is 5.60. The van der Waals surface area contributed by atoms with Crippen LogP contribution in [0.3, 0.4) is 0 Å². The highest BCUT2D eigenvalue weighted by Crippen LogP contribution is 2.30. The number of aromatic nitrogens is 1. The van der Waals surface area contributed by atoms with Gasteiger partial charge in [0.05, 0.1) is 24.7 Å². The summed E-state index contributed by atoms with van der Waals surface area (Å²) in [6.45, 7) is 1.85. The summed E-state index contributed by atoms with van der Waals surface area (Å²) in [6.07, 6.45) is 1.27. The molecule has 0 radical (unpaired) electrons. The minimum absolute atomic E-state index is 0.0736. The number of ether oxygens (including phenoxy) is 1. The molecule has 2 aromatic rings. The topological polar surface area (TPSA) is 59.2 Å². The number of aromatic amines is 1. The van der Waals surface area contributed by atoms with Crippen molar-refractivity contribution in [1.82, 2.24) is 4.98 Å². The number of carbonyl (C=O) groups excluding carboxylic acids is 1. The summed E-state index contributed by atoms with van der Waals surface area (Å²) in [5.74, 6) is -1.05. The average Bonchev–Trinajstić information content (AvgIpc) is 2.42. The lowest BCUT2D eigenvalue weighted by Gasteiger charge is -2.09. The molecule has 8 heteroatoms. The van der Waals surface area contributed by atoms with Crippen LogP contribution in [0.2, 0.25) is 0 Å². The van der Waals surface area contributed by atoms with E-state index in [2.05, 4.69) is 4.98 Å². The molecule has 0 saturated carbocycles. The average molecular weight is 613 g/mol. The van der Waals surface area contributed by atoms with Gasteiger partial charge < -0.3 is 9.72 Å². The van der Waals surface area contributed by atoms with Crippen LogP contribution in [-0.2, 0) is 4.74 Å². The Morgan fingerprint density at radius 3 is 2.55 bits per heavy atom. The maximum Gasteiger partial charge on any atom is 0.343 e. The molecule has 0 atom stereocenters. The molecule has 0 aliphatic carbocycles. The van der Waals surface area contributed by atoms with Gasteiger partial charge in [-0.05, 0) is 74.7 Å². The quantitative estimate of drug-likeness (QED) is 0.244. The molecule has 1 aromatic carbocycles. The molecule has 0 fully saturated rings. The first-order valence-corrected chi connectivity index (χ1v) is 8.68. The van der Waals surface area contributed by atoms with E-state index in [1.165, 1.54) is 6.20 Å². The fourth-order valence-corrected chi connectivity index (χ4v) is 4.19. The van der Waals surface area contributed by atoms with Gasteiger partial charge in [0.15, 0.2) is 5.82 Å². The molecule has 0 bridgehead atoms. The Hall–Kier alpha value is 0.0200. The normalized spacial score (nSPS) is 10.8. The van der Waals surface area contributed by atoms with E-state index in [0.717, 1.165) is 0 Å². The molecule has 1 N–H and O–H groups in total. The minimum Gasteiger partial charge on any atom is -0.462 e. The van der Waals surface area contributed by atoms with Crippen LogP contribution in [0.25, 0.3) is 10.9 Å². The third kappa shape index (κ3) is 2.69. The largest absolute Gasteiger partial charge is 0.462 e. The molecule has 2 rings (SSSR count). The van der Waals surface area contributed by atoms with Gasteiger partial charge in [-0.25, -0.2) is 9.18 Å². The van der Waals surface area contributed by atoms with Crippen molar-refractivity contribution >= 4 is 84.6 Å². The lowest BCUT2D eigenvalue weighted by molar-refractivity contribution is 0.0524. The third-order valence-corrected chi connectivity index (χ3v) is 6.73. The maximum absolute atomic E-state index is 14.0. The molecule has 0 unspecified atom stereocenters. The van der Waals surface area contributed by atoms with Crippen LogP contribution in [0.5, 0.6) is 0 Å². The Balaban J connectivity index is 2.87. The number of fused-ring (bicyclic) bond motifs is 1. The van der Waals surface area contributed by atoms with E-state index in [-0.39, 0.29) is 18.0 Å². The number of benzene rings is 1. The Morgan fingerprint density at radius 2 is 1.95 bits per heavy atom. The van der Waals surface area contributed by atoms with E-state index in [1.54, 1.807) is 6.92 Å². The second kappa shape index (κ2) is 6.42. The summed E-state index contributed by atoms with van der Waals surface area (Å²) in [6, 6.07) is 0. The molecular weight excluding hydrogens is 606 g/mol. The van der Waals surface area contributed by atoms with Crippen molar-refractivity contribution in [1.29, 1.82) is 0 Å². The van der Waals surface area contributed by atoms with Crippen molar-refractivity contribution in [3.05, 3.63) is 38.5 Å². The van der Waals surface area contributed by atoms with Crippen LogP contribution in [0.1, 0.15) is 17.3 Å². The summed E-state index contributed by atoms with van der Waals surface area (Å²) in [4.78, 5) is 27.0. The molecule has 0 spiro atoms. The highest BCUT2D eigenvalue weighted by molar-refractivity contribution is 14.1. The summed E-state index contributed by atoms with van der Waals surface area (Å²) in [5.41, 5.74) is -0.126. The van der Waals surface area contributed by atoms with Gasteiger partial charge in [0.25, 0.3) is 0 Å². The van der Waals surface area contributed by atoms with Crippen LogP contribution < -0.4 is 5.43 Å². The SMILES string of the molecule is CCOC(=O)c1c[nH]c2c(I)c(F)c(I)c(I)c2c1=O. The molecule has 0 aliphatic rings. The van der Waals surface area contributed by atoms with Gasteiger partial charge >= 0.3 is 5.97 Å². The lowest BCUT2D eigenvalue weighted by atomic mass is 10.1. The van der Waals surface area contributed by atoms with Crippen molar-refractivity contribution in [2.45, 2.75) is 6.92 Å². The first kappa shape index (κ1) is 16.4. The van der Waals surface area contributed by atoms with Gasteiger partial charge in [-0.2, -0.15) is 0 Å². The minimum atomic E-state index is -0.680. The lowest BCUT2D eigenvalue weighted by Crippen LogP contribution is -2.20. The fraction of sp³-hybridized carbons (Fsp3) is 0.167.